The fraction of sp³-hybridized carbons (Fsp3) is 0. The van der Waals surface area contributed by atoms with Crippen molar-refractivity contribution in [2.75, 3.05) is 0 Å². The van der Waals surface area contributed by atoms with E-state index in [1.54, 1.807) is 12.1 Å². The lowest BCUT2D eigenvalue weighted by molar-refractivity contribution is 0.628. The Morgan fingerprint density at radius 3 is 1.80 bits per heavy atom. The predicted molar refractivity (Wildman–Crippen MR) is 184 cm³/mol. The van der Waals surface area contributed by atoms with Gasteiger partial charge in [0.1, 0.15) is 17.0 Å². The van der Waals surface area contributed by atoms with Crippen LogP contribution in [0, 0.1) is 5.82 Å². The van der Waals surface area contributed by atoms with Gasteiger partial charge in [0.15, 0.2) is 17.5 Å². The molecular formula is C41H24FN3O. The van der Waals surface area contributed by atoms with Crippen LogP contribution in [-0.2, 0) is 0 Å². The van der Waals surface area contributed by atoms with Crippen molar-refractivity contribution in [3.63, 3.8) is 0 Å². The SMILES string of the molecule is Fc1ccc(-c2nc(-c3ccccc3)nc(-c3ccc4oc5c6ccccc6c(-c6ccc7ccccc7c6)cc5c4c3)n2)cc1. The van der Waals surface area contributed by atoms with Crippen LogP contribution in [0.1, 0.15) is 0 Å². The molecule has 7 aromatic carbocycles. The predicted octanol–water partition coefficient (Wildman–Crippen LogP) is 10.9. The molecule has 0 aliphatic carbocycles. The first-order valence-corrected chi connectivity index (χ1v) is 15.1. The van der Waals surface area contributed by atoms with Gasteiger partial charge in [-0.3, -0.25) is 0 Å². The Bertz CT molecular complexity index is 2590. The molecule has 5 heteroatoms. The highest BCUT2D eigenvalue weighted by atomic mass is 19.1. The van der Waals surface area contributed by atoms with Crippen molar-refractivity contribution in [3.05, 3.63) is 151 Å². The zero-order valence-electron chi connectivity index (χ0n) is 24.5. The van der Waals surface area contributed by atoms with Gasteiger partial charge < -0.3 is 4.42 Å². The summed E-state index contributed by atoms with van der Waals surface area (Å²) < 4.78 is 20.3. The van der Waals surface area contributed by atoms with Crippen LogP contribution in [0.15, 0.2) is 150 Å². The molecule has 0 saturated carbocycles. The molecule has 0 radical (unpaired) electrons. The Labute approximate surface area is 263 Å². The van der Waals surface area contributed by atoms with Crippen LogP contribution in [0.3, 0.4) is 0 Å². The maximum atomic E-state index is 13.8. The first-order valence-electron chi connectivity index (χ1n) is 15.1. The van der Waals surface area contributed by atoms with Crippen LogP contribution in [0.4, 0.5) is 4.39 Å². The van der Waals surface area contributed by atoms with Gasteiger partial charge in [0.05, 0.1) is 0 Å². The molecule has 0 bridgehead atoms. The quantitative estimate of drug-likeness (QED) is 0.204. The number of nitrogens with zero attached hydrogens (tertiary/aromatic N) is 3. The van der Waals surface area contributed by atoms with Gasteiger partial charge in [-0.25, -0.2) is 19.3 Å². The highest BCUT2D eigenvalue weighted by Gasteiger charge is 2.18. The summed E-state index contributed by atoms with van der Waals surface area (Å²) in [4.78, 5) is 14.5. The van der Waals surface area contributed by atoms with E-state index in [0.717, 1.165) is 55.0 Å². The number of fused-ring (bicyclic) bond motifs is 6. The van der Waals surface area contributed by atoms with Crippen LogP contribution in [0.2, 0.25) is 0 Å². The highest BCUT2D eigenvalue weighted by molar-refractivity contribution is 6.19. The van der Waals surface area contributed by atoms with Crippen LogP contribution >= 0.6 is 0 Å². The molecule has 0 aliphatic rings. The number of furan rings is 1. The Kier molecular flexibility index (Phi) is 5.96. The van der Waals surface area contributed by atoms with Gasteiger partial charge in [-0.05, 0) is 81.9 Å². The van der Waals surface area contributed by atoms with E-state index in [-0.39, 0.29) is 5.82 Å². The lowest BCUT2D eigenvalue weighted by Gasteiger charge is -2.10. The number of benzene rings is 7. The van der Waals surface area contributed by atoms with Gasteiger partial charge in [0, 0.05) is 32.8 Å². The number of rotatable bonds is 4. The van der Waals surface area contributed by atoms with Crippen LogP contribution in [-0.4, -0.2) is 15.0 Å². The lowest BCUT2D eigenvalue weighted by atomic mass is 9.94. The third-order valence-electron chi connectivity index (χ3n) is 8.57. The van der Waals surface area contributed by atoms with Gasteiger partial charge in [-0.1, -0.05) is 91.0 Å². The summed E-state index contributed by atoms with van der Waals surface area (Å²) in [5.41, 5.74) is 6.34. The van der Waals surface area contributed by atoms with Crippen molar-refractivity contribution < 1.29 is 8.81 Å². The van der Waals surface area contributed by atoms with E-state index < -0.39 is 0 Å². The lowest BCUT2D eigenvalue weighted by Crippen LogP contribution is -2.00. The molecule has 0 amide bonds. The Morgan fingerprint density at radius 2 is 1.02 bits per heavy atom. The van der Waals surface area contributed by atoms with Crippen molar-refractivity contribution in [3.8, 4) is 45.3 Å². The van der Waals surface area contributed by atoms with Crippen molar-refractivity contribution in [1.82, 2.24) is 15.0 Å². The molecule has 216 valence electrons. The van der Waals surface area contributed by atoms with E-state index in [4.69, 9.17) is 19.4 Å². The first-order chi connectivity index (χ1) is 22.7. The summed E-state index contributed by atoms with van der Waals surface area (Å²) in [6.07, 6.45) is 0. The average molecular weight is 594 g/mol. The number of hydrogen-bond donors (Lipinski definition) is 0. The maximum Gasteiger partial charge on any atom is 0.164 e. The monoisotopic (exact) mass is 593 g/mol. The van der Waals surface area contributed by atoms with Gasteiger partial charge in [0.25, 0.3) is 0 Å². The second-order valence-corrected chi connectivity index (χ2v) is 11.4. The summed E-state index contributed by atoms with van der Waals surface area (Å²) in [7, 11) is 0. The van der Waals surface area contributed by atoms with E-state index in [1.807, 2.05) is 42.5 Å². The Morgan fingerprint density at radius 1 is 0.413 bits per heavy atom. The van der Waals surface area contributed by atoms with Crippen molar-refractivity contribution in [2.45, 2.75) is 0 Å². The largest absolute Gasteiger partial charge is 0.455 e. The molecule has 0 saturated heterocycles. The average Bonchev–Trinajstić information content (AvgIpc) is 3.50. The zero-order valence-corrected chi connectivity index (χ0v) is 24.5. The van der Waals surface area contributed by atoms with Crippen molar-refractivity contribution in [1.29, 1.82) is 0 Å². The number of hydrogen-bond acceptors (Lipinski definition) is 4. The zero-order chi connectivity index (χ0) is 30.6. The third-order valence-corrected chi connectivity index (χ3v) is 8.57. The molecule has 0 atom stereocenters. The van der Waals surface area contributed by atoms with Gasteiger partial charge in [-0.2, -0.15) is 0 Å². The molecule has 0 fully saturated rings. The van der Waals surface area contributed by atoms with Crippen molar-refractivity contribution in [2.24, 2.45) is 0 Å². The molecule has 0 unspecified atom stereocenters. The fourth-order valence-electron chi connectivity index (χ4n) is 6.28. The molecule has 46 heavy (non-hydrogen) atoms. The summed E-state index contributed by atoms with van der Waals surface area (Å²) >= 11 is 0. The molecular weight excluding hydrogens is 569 g/mol. The Balaban J connectivity index is 1.27. The third kappa shape index (κ3) is 4.41. The smallest absolute Gasteiger partial charge is 0.164 e. The van der Waals surface area contributed by atoms with Crippen LogP contribution < -0.4 is 0 Å². The highest BCUT2D eigenvalue weighted by Crippen LogP contribution is 2.41. The van der Waals surface area contributed by atoms with Crippen LogP contribution in [0.25, 0.3) is 88.8 Å². The molecule has 9 aromatic rings. The molecule has 9 rings (SSSR count). The summed E-state index contributed by atoms with van der Waals surface area (Å²) in [6.45, 7) is 0. The van der Waals surface area contributed by atoms with E-state index in [2.05, 4.69) is 78.9 Å². The summed E-state index contributed by atoms with van der Waals surface area (Å²) in [6, 6.07) is 47.8. The summed E-state index contributed by atoms with van der Waals surface area (Å²) in [5, 5.41) is 6.61. The number of aromatic nitrogens is 3. The van der Waals surface area contributed by atoms with E-state index in [1.165, 1.54) is 22.9 Å². The van der Waals surface area contributed by atoms with E-state index in [0.29, 0.717) is 23.0 Å². The van der Waals surface area contributed by atoms with Gasteiger partial charge >= 0.3 is 0 Å². The topological polar surface area (TPSA) is 51.8 Å². The molecule has 0 N–H and O–H groups in total. The minimum absolute atomic E-state index is 0.311. The fourth-order valence-corrected chi connectivity index (χ4v) is 6.28. The van der Waals surface area contributed by atoms with Gasteiger partial charge in [-0.15, -0.1) is 0 Å². The second kappa shape index (κ2) is 10.5. The molecule has 0 aliphatic heterocycles. The molecule has 2 aromatic heterocycles. The molecule has 2 heterocycles. The standard InChI is InChI=1S/C41H24FN3O/c42-31-19-16-27(17-20-31)40-43-39(26-9-2-1-3-10-26)44-41(45-40)30-18-21-37-35(23-30)36-24-34(32-12-6-7-13-33(32)38(36)46-37)29-15-14-25-8-4-5-11-28(25)22-29/h1-24H. The van der Waals surface area contributed by atoms with E-state index >= 15 is 0 Å². The normalized spacial score (nSPS) is 11.6. The number of halogens is 1. The van der Waals surface area contributed by atoms with Gasteiger partial charge in [0.2, 0.25) is 0 Å². The maximum absolute atomic E-state index is 13.8. The first kappa shape index (κ1) is 26.2. The molecule has 4 nitrogen and oxygen atoms in total. The summed E-state index contributed by atoms with van der Waals surface area (Å²) in [5.74, 6) is 1.24. The minimum atomic E-state index is -0.311. The second-order valence-electron chi connectivity index (χ2n) is 11.4. The van der Waals surface area contributed by atoms with E-state index in [9.17, 15) is 4.39 Å². The van der Waals surface area contributed by atoms with Crippen LogP contribution in [0.5, 0.6) is 0 Å². The molecule has 0 spiro atoms. The Hall–Kier alpha value is -6.20. The minimum Gasteiger partial charge on any atom is -0.455 e. The van der Waals surface area contributed by atoms with Crippen molar-refractivity contribution >= 4 is 43.5 Å².